The maximum absolute atomic E-state index is 12.8. The molecule has 3 N–H and O–H groups in total. The van der Waals surface area contributed by atoms with E-state index in [2.05, 4.69) is 135 Å². The second-order valence-electron chi connectivity index (χ2n) is 27.2. The molecule has 0 saturated heterocycles. The first-order valence-electron chi connectivity index (χ1n) is 41.0. The molecule has 0 saturated carbocycles. The number of hydrogen-bond donors (Lipinski definition) is 2. The first-order chi connectivity index (χ1) is 47.8. The summed E-state index contributed by atoms with van der Waals surface area (Å²) in [4.78, 5) is 35.5. The first kappa shape index (κ1) is 93.4. The molecular weight excluding hydrogens is 1220 g/mol. The second kappa shape index (κ2) is 81.4. The highest BCUT2D eigenvalue weighted by Crippen LogP contribution is 2.43. The van der Waals surface area contributed by atoms with Crippen molar-refractivity contribution < 1.29 is 37.6 Å². The minimum atomic E-state index is -4.40. The summed E-state index contributed by atoms with van der Waals surface area (Å²) in [5, 5.41) is 0. The van der Waals surface area contributed by atoms with Gasteiger partial charge in [-0.05, 0) is 103 Å². The molecule has 0 spiro atoms. The van der Waals surface area contributed by atoms with Crippen LogP contribution in [-0.2, 0) is 32.7 Å². The molecule has 560 valence electrons. The van der Waals surface area contributed by atoms with E-state index in [4.69, 9.17) is 24.3 Å². The molecule has 0 aliphatic carbocycles. The first-order valence-corrected chi connectivity index (χ1v) is 42.5. The van der Waals surface area contributed by atoms with Crippen molar-refractivity contribution in [2.24, 2.45) is 5.73 Å². The van der Waals surface area contributed by atoms with E-state index in [1.54, 1.807) is 0 Å². The third-order valence-electron chi connectivity index (χ3n) is 17.8. The number of hydrogen-bond acceptors (Lipinski definition) is 8. The highest BCUT2D eigenvalue weighted by atomic mass is 31.2. The summed E-state index contributed by atoms with van der Waals surface area (Å²) in [6, 6.07) is 0. The van der Waals surface area contributed by atoms with Crippen molar-refractivity contribution >= 4 is 19.8 Å². The fourth-order valence-electron chi connectivity index (χ4n) is 11.9. The normalized spacial score (nSPS) is 13.5. The monoisotopic (exact) mass is 1370 g/mol. The Hall–Kier alpha value is -3.59. The van der Waals surface area contributed by atoms with Crippen LogP contribution >= 0.6 is 7.82 Å². The average Bonchev–Trinajstić information content (AvgIpc) is 2.88. The molecule has 0 aromatic rings. The highest BCUT2D eigenvalue weighted by Gasteiger charge is 2.26. The minimum Gasteiger partial charge on any atom is -0.462 e. The van der Waals surface area contributed by atoms with Crippen molar-refractivity contribution in [3.8, 4) is 0 Å². The maximum Gasteiger partial charge on any atom is 0.472 e. The Labute approximate surface area is 600 Å². The molecule has 0 rings (SSSR count). The standard InChI is InChI=1S/C87H154NO8P/c1-3-5-7-9-11-13-15-17-19-21-23-25-27-29-31-33-35-37-39-41-42-44-46-48-50-52-54-56-58-60-62-64-66-68-70-72-74-76-78-80-87(90)96-85(84-95-97(91,92)94-82-81-88)83-93-86(89)79-77-75-73-71-69-67-65-63-61-59-57-55-53-51-49-47-45-43-40-38-36-34-32-30-28-26-24-22-20-18-16-14-12-10-8-6-4-2/h5-8,11-14,17-20,23-26,29-32,85H,3-4,9-10,15-16,21-22,27-28,33-84,88H2,1-2H3,(H,91,92)/b7-5-,8-6-,13-11-,14-12-,19-17-,20-18-,25-23-,26-24-,31-29-,32-30-. The predicted molar refractivity (Wildman–Crippen MR) is 422 cm³/mol. The number of allylic oxidation sites excluding steroid dienone is 20. The van der Waals surface area contributed by atoms with Gasteiger partial charge in [-0.3, -0.25) is 18.6 Å². The Morgan fingerprint density at radius 2 is 0.536 bits per heavy atom. The van der Waals surface area contributed by atoms with Gasteiger partial charge in [-0.25, -0.2) is 4.57 Å². The van der Waals surface area contributed by atoms with Crippen LogP contribution in [0.4, 0.5) is 0 Å². The maximum atomic E-state index is 12.8. The van der Waals surface area contributed by atoms with E-state index in [1.165, 1.54) is 257 Å². The lowest BCUT2D eigenvalue weighted by Crippen LogP contribution is -2.29. The van der Waals surface area contributed by atoms with Gasteiger partial charge >= 0.3 is 19.8 Å². The fourth-order valence-corrected chi connectivity index (χ4v) is 12.6. The molecule has 2 unspecified atom stereocenters. The van der Waals surface area contributed by atoms with E-state index in [0.717, 1.165) is 96.3 Å². The van der Waals surface area contributed by atoms with E-state index >= 15 is 0 Å². The van der Waals surface area contributed by atoms with Gasteiger partial charge in [0.25, 0.3) is 0 Å². The second-order valence-corrected chi connectivity index (χ2v) is 28.7. The van der Waals surface area contributed by atoms with Gasteiger partial charge in [0.05, 0.1) is 13.2 Å². The zero-order chi connectivity index (χ0) is 70.0. The topological polar surface area (TPSA) is 134 Å². The number of nitrogens with two attached hydrogens (primary N) is 1. The zero-order valence-electron chi connectivity index (χ0n) is 63.3. The number of phosphoric ester groups is 1. The van der Waals surface area contributed by atoms with E-state index in [-0.39, 0.29) is 38.6 Å². The van der Waals surface area contributed by atoms with Gasteiger partial charge in [0.1, 0.15) is 6.61 Å². The number of rotatable bonds is 77. The Morgan fingerprint density at radius 3 is 0.794 bits per heavy atom. The van der Waals surface area contributed by atoms with Gasteiger partial charge in [0, 0.05) is 19.4 Å². The lowest BCUT2D eigenvalue weighted by atomic mass is 10.0. The van der Waals surface area contributed by atoms with E-state index < -0.39 is 26.5 Å². The minimum absolute atomic E-state index is 0.0529. The van der Waals surface area contributed by atoms with Gasteiger partial charge in [0.2, 0.25) is 0 Å². The van der Waals surface area contributed by atoms with Crippen LogP contribution in [0.2, 0.25) is 0 Å². The zero-order valence-corrected chi connectivity index (χ0v) is 64.2. The third-order valence-corrected chi connectivity index (χ3v) is 18.8. The van der Waals surface area contributed by atoms with E-state index in [0.29, 0.717) is 6.42 Å². The molecule has 0 radical (unpaired) electrons. The van der Waals surface area contributed by atoms with Crippen LogP contribution in [-0.4, -0.2) is 49.3 Å². The van der Waals surface area contributed by atoms with Crippen LogP contribution in [0, 0.1) is 0 Å². The number of carbonyl (C=O) groups is 2. The molecule has 2 atom stereocenters. The summed E-state index contributed by atoms with van der Waals surface area (Å²) in [5.74, 6) is -0.809. The molecular formula is C87H154NO8P. The Morgan fingerprint density at radius 1 is 0.309 bits per heavy atom. The number of phosphoric acid groups is 1. The third kappa shape index (κ3) is 81.3. The molecule has 10 heteroatoms. The van der Waals surface area contributed by atoms with E-state index in [1.807, 2.05) is 0 Å². The molecule has 9 nitrogen and oxygen atoms in total. The summed E-state index contributed by atoms with van der Waals surface area (Å²) >= 11 is 0. The van der Waals surface area contributed by atoms with Gasteiger partial charge < -0.3 is 20.1 Å². The number of esters is 2. The fraction of sp³-hybridized carbons (Fsp3) is 0.747. The van der Waals surface area contributed by atoms with Crippen LogP contribution in [0.1, 0.15) is 386 Å². The molecule has 0 fully saturated rings. The van der Waals surface area contributed by atoms with Crippen molar-refractivity contribution in [1.82, 2.24) is 0 Å². The summed E-state index contributed by atoms with van der Waals surface area (Å²) in [6.45, 7) is 3.57. The molecule has 0 aliphatic rings. The lowest BCUT2D eigenvalue weighted by Gasteiger charge is -2.19. The van der Waals surface area contributed by atoms with Crippen molar-refractivity contribution in [2.75, 3.05) is 26.4 Å². The SMILES string of the molecule is CC/C=C\C/C=C\C/C=C\C/C=C\C/C=C\CCCCCCCCCCCCCCCCCCCCCCCCCC(=O)OC(COC(=O)CCCCCCCCCCCCCCCCCCCCCCC/C=C\C/C=C\C/C=C\C/C=C\C/C=C\CC)COP(=O)(O)OCCN. The van der Waals surface area contributed by atoms with Crippen LogP contribution < -0.4 is 5.73 Å². The summed E-state index contributed by atoms with van der Waals surface area (Å²) in [5.41, 5.74) is 5.42. The van der Waals surface area contributed by atoms with Crippen molar-refractivity contribution in [3.05, 3.63) is 122 Å². The van der Waals surface area contributed by atoms with Crippen LogP contribution in [0.3, 0.4) is 0 Å². The van der Waals surface area contributed by atoms with Crippen LogP contribution in [0.25, 0.3) is 0 Å². The number of ether oxygens (including phenoxy) is 2. The molecule has 0 aliphatic heterocycles. The highest BCUT2D eigenvalue weighted by molar-refractivity contribution is 7.47. The molecule has 0 aromatic carbocycles. The quantitative estimate of drug-likeness (QED) is 0.0264. The molecule has 0 heterocycles. The predicted octanol–water partition coefficient (Wildman–Crippen LogP) is 27.8. The van der Waals surface area contributed by atoms with Gasteiger partial charge in [-0.2, -0.15) is 0 Å². The molecule has 0 bridgehead atoms. The lowest BCUT2D eigenvalue weighted by molar-refractivity contribution is -0.161. The Kier molecular flexibility index (Phi) is 78.4. The van der Waals surface area contributed by atoms with Crippen molar-refractivity contribution in [2.45, 2.75) is 392 Å². The van der Waals surface area contributed by atoms with Gasteiger partial charge in [0.15, 0.2) is 6.10 Å². The number of unbranched alkanes of at least 4 members (excludes halogenated alkanes) is 44. The molecule has 0 aromatic heterocycles. The van der Waals surface area contributed by atoms with Gasteiger partial charge in [-0.1, -0.05) is 392 Å². The average molecular weight is 1370 g/mol. The summed E-state index contributed by atoms with van der Waals surface area (Å²) in [7, 11) is -4.40. The summed E-state index contributed by atoms with van der Waals surface area (Å²) < 4.78 is 33.3. The van der Waals surface area contributed by atoms with Crippen LogP contribution in [0.5, 0.6) is 0 Å². The van der Waals surface area contributed by atoms with Gasteiger partial charge in [-0.15, -0.1) is 0 Å². The van der Waals surface area contributed by atoms with Crippen molar-refractivity contribution in [3.63, 3.8) is 0 Å². The molecule has 0 amide bonds. The summed E-state index contributed by atoms with van der Waals surface area (Å²) in [6.07, 6.45) is 115. The smallest absolute Gasteiger partial charge is 0.462 e. The van der Waals surface area contributed by atoms with Crippen molar-refractivity contribution in [1.29, 1.82) is 0 Å². The van der Waals surface area contributed by atoms with Crippen LogP contribution in [0.15, 0.2) is 122 Å². The largest absolute Gasteiger partial charge is 0.472 e. The number of carbonyl (C=O) groups excluding carboxylic acids is 2. The Bertz CT molecular complexity index is 2020. The van der Waals surface area contributed by atoms with E-state index in [9.17, 15) is 19.0 Å². The molecule has 97 heavy (non-hydrogen) atoms. The Balaban J connectivity index is 3.77.